The monoisotopic (exact) mass is 463 g/mol. The fraction of sp³-hybridized carbons (Fsp3) is 0.107. The standard InChI is InChI=1S/C28H25N5O2/c1-19-12-10-11-17-23(19)26-24(18-32(30-26)21-13-6-4-7-14-21)27(34)29-25-20(2)31(3)33(28(25)35)22-15-8-5-9-16-22/h4-18H,1-3H3,(H,29,34). The third-order valence-corrected chi connectivity index (χ3v) is 6.17. The lowest BCUT2D eigenvalue weighted by Gasteiger charge is -2.07. The predicted molar refractivity (Wildman–Crippen MR) is 137 cm³/mol. The number of amides is 1. The lowest BCUT2D eigenvalue weighted by atomic mass is 10.0. The summed E-state index contributed by atoms with van der Waals surface area (Å²) in [5, 5.41) is 7.63. The molecule has 0 radical (unpaired) electrons. The fourth-order valence-electron chi connectivity index (χ4n) is 4.18. The lowest BCUT2D eigenvalue weighted by molar-refractivity contribution is 0.102. The van der Waals surface area contributed by atoms with Crippen LogP contribution in [0.3, 0.4) is 0 Å². The molecule has 5 aromatic rings. The smallest absolute Gasteiger partial charge is 0.295 e. The van der Waals surface area contributed by atoms with E-state index in [-0.39, 0.29) is 11.2 Å². The van der Waals surface area contributed by atoms with Crippen molar-refractivity contribution in [2.24, 2.45) is 7.05 Å². The van der Waals surface area contributed by atoms with Gasteiger partial charge in [0.05, 0.1) is 22.6 Å². The molecule has 3 aromatic carbocycles. The van der Waals surface area contributed by atoms with Gasteiger partial charge in [0.1, 0.15) is 11.4 Å². The highest BCUT2D eigenvalue weighted by Crippen LogP contribution is 2.27. The van der Waals surface area contributed by atoms with Gasteiger partial charge in [0.2, 0.25) is 0 Å². The van der Waals surface area contributed by atoms with Crippen LogP contribution < -0.4 is 10.9 Å². The summed E-state index contributed by atoms with van der Waals surface area (Å²) in [5.41, 5.74) is 4.96. The van der Waals surface area contributed by atoms with E-state index in [0.717, 1.165) is 22.5 Å². The SMILES string of the molecule is Cc1ccccc1-c1nn(-c2ccccc2)cc1C(=O)Nc1c(C)n(C)n(-c2ccccc2)c1=O. The Kier molecular flexibility index (Phi) is 5.66. The zero-order valence-corrected chi connectivity index (χ0v) is 19.8. The third kappa shape index (κ3) is 3.97. The summed E-state index contributed by atoms with van der Waals surface area (Å²) < 4.78 is 4.97. The molecule has 0 bridgehead atoms. The molecule has 5 rings (SSSR count). The number of benzene rings is 3. The number of hydrogen-bond donors (Lipinski definition) is 1. The molecule has 35 heavy (non-hydrogen) atoms. The highest BCUT2D eigenvalue weighted by Gasteiger charge is 2.23. The van der Waals surface area contributed by atoms with Gasteiger partial charge >= 0.3 is 0 Å². The Morgan fingerprint density at radius 3 is 2.09 bits per heavy atom. The number of aromatic nitrogens is 4. The van der Waals surface area contributed by atoms with E-state index < -0.39 is 5.91 Å². The number of nitrogens with zero attached hydrogens (tertiary/aromatic N) is 4. The van der Waals surface area contributed by atoms with Gasteiger partial charge in [-0.3, -0.25) is 14.3 Å². The summed E-state index contributed by atoms with van der Waals surface area (Å²) in [5.74, 6) is -0.392. The quantitative estimate of drug-likeness (QED) is 0.403. The number of rotatable bonds is 5. The molecule has 7 heteroatoms. The number of para-hydroxylation sites is 2. The summed E-state index contributed by atoms with van der Waals surface area (Å²) in [4.78, 5) is 26.9. The average molecular weight is 464 g/mol. The Bertz CT molecular complexity index is 1580. The number of carbonyl (C=O) groups excluding carboxylic acids is 1. The van der Waals surface area contributed by atoms with Crippen LogP contribution in [0.5, 0.6) is 0 Å². The maximum absolute atomic E-state index is 13.6. The predicted octanol–water partition coefficient (Wildman–Crippen LogP) is 4.90. The molecule has 7 nitrogen and oxygen atoms in total. The molecule has 0 saturated heterocycles. The van der Waals surface area contributed by atoms with Gasteiger partial charge in [0, 0.05) is 18.8 Å². The summed E-state index contributed by atoms with van der Waals surface area (Å²) in [6.45, 7) is 3.80. The summed E-state index contributed by atoms with van der Waals surface area (Å²) in [7, 11) is 1.80. The highest BCUT2D eigenvalue weighted by molar-refractivity contribution is 6.08. The number of carbonyl (C=O) groups is 1. The van der Waals surface area contributed by atoms with Gasteiger partial charge in [-0.2, -0.15) is 5.10 Å². The van der Waals surface area contributed by atoms with Gasteiger partial charge in [-0.1, -0.05) is 60.7 Å². The Labute approximate surface area is 202 Å². The van der Waals surface area contributed by atoms with E-state index in [2.05, 4.69) is 5.32 Å². The van der Waals surface area contributed by atoms with Crippen LogP contribution in [0.2, 0.25) is 0 Å². The molecule has 0 aliphatic rings. The van der Waals surface area contributed by atoms with Crippen LogP contribution in [-0.2, 0) is 7.05 Å². The number of anilines is 1. The summed E-state index contributed by atoms with van der Waals surface area (Å²) in [6, 6.07) is 26.8. The van der Waals surface area contributed by atoms with Crippen molar-refractivity contribution in [2.75, 3.05) is 5.32 Å². The van der Waals surface area contributed by atoms with Crippen molar-refractivity contribution < 1.29 is 4.79 Å². The fourth-order valence-corrected chi connectivity index (χ4v) is 4.18. The second-order valence-electron chi connectivity index (χ2n) is 8.38. The Balaban J connectivity index is 1.60. The Morgan fingerprint density at radius 1 is 0.829 bits per heavy atom. The second kappa shape index (κ2) is 8.95. The van der Waals surface area contributed by atoms with Crippen molar-refractivity contribution in [3.63, 3.8) is 0 Å². The first-order valence-corrected chi connectivity index (χ1v) is 11.3. The molecular formula is C28H25N5O2. The minimum absolute atomic E-state index is 0.240. The van der Waals surface area contributed by atoms with Crippen LogP contribution in [0.4, 0.5) is 5.69 Å². The number of aryl methyl sites for hydroxylation is 1. The number of nitrogens with one attached hydrogen (secondary N) is 1. The van der Waals surface area contributed by atoms with Crippen molar-refractivity contribution in [1.82, 2.24) is 19.1 Å². The van der Waals surface area contributed by atoms with Gasteiger partial charge in [-0.25, -0.2) is 9.36 Å². The largest absolute Gasteiger partial charge is 0.316 e. The Morgan fingerprint density at radius 2 is 1.43 bits per heavy atom. The van der Waals surface area contributed by atoms with Crippen molar-refractivity contribution in [3.8, 4) is 22.6 Å². The molecule has 1 N–H and O–H groups in total. The van der Waals surface area contributed by atoms with Crippen LogP contribution >= 0.6 is 0 Å². The van der Waals surface area contributed by atoms with E-state index in [1.54, 1.807) is 27.3 Å². The van der Waals surface area contributed by atoms with E-state index in [1.165, 1.54) is 0 Å². The van der Waals surface area contributed by atoms with Crippen molar-refractivity contribution in [1.29, 1.82) is 0 Å². The molecule has 1 amide bonds. The molecule has 0 unspecified atom stereocenters. The topological polar surface area (TPSA) is 73.8 Å². The molecule has 0 saturated carbocycles. The van der Waals surface area contributed by atoms with Gasteiger partial charge in [0.15, 0.2) is 0 Å². The molecular weight excluding hydrogens is 438 g/mol. The maximum atomic E-state index is 13.6. The van der Waals surface area contributed by atoms with Crippen LogP contribution in [-0.4, -0.2) is 25.1 Å². The molecule has 0 aliphatic carbocycles. The first-order chi connectivity index (χ1) is 17.0. The van der Waals surface area contributed by atoms with Gasteiger partial charge in [-0.05, 0) is 43.7 Å². The van der Waals surface area contributed by atoms with Crippen molar-refractivity contribution in [3.05, 3.63) is 118 Å². The van der Waals surface area contributed by atoms with Gasteiger partial charge < -0.3 is 5.32 Å². The maximum Gasteiger partial charge on any atom is 0.295 e. The zero-order chi connectivity index (χ0) is 24.5. The summed E-state index contributed by atoms with van der Waals surface area (Å²) >= 11 is 0. The van der Waals surface area contributed by atoms with E-state index in [1.807, 2.05) is 98.8 Å². The van der Waals surface area contributed by atoms with Gasteiger partial charge in [-0.15, -0.1) is 0 Å². The molecule has 0 fully saturated rings. The van der Waals surface area contributed by atoms with Crippen LogP contribution in [0.25, 0.3) is 22.6 Å². The van der Waals surface area contributed by atoms with E-state index in [0.29, 0.717) is 17.0 Å². The first-order valence-electron chi connectivity index (χ1n) is 11.3. The van der Waals surface area contributed by atoms with Crippen molar-refractivity contribution in [2.45, 2.75) is 13.8 Å². The lowest BCUT2D eigenvalue weighted by Crippen LogP contribution is -2.23. The van der Waals surface area contributed by atoms with Crippen LogP contribution in [0, 0.1) is 13.8 Å². The molecule has 2 heterocycles. The first kappa shape index (κ1) is 22.2. The molecule has 0 aliphatic heterocycles. The van der Waals surface area contributed by atoms with Crippen LogP contribution in [0.15, 0.2) is 95.9 Å². The van der Waals surface area contributed by atoms with Gasteiger partial charge in [0.25, 0.3) is 11.5 Å². The minimum Gasteiger partial charge on any atom is -0.316 e. The summed E-state index contributed by atoms with van der Waals surface area (Å²) in [6.07, 6.45) is 1.71. The van der Waals surface area contributed by atoms with Crippen LogP contribution in [0.1, 0.15) is 21.6 Å². The van der Waals surface area contributed by atoms with E-state index in [4.69, 9.17) is 5.10 Å². The second-order valence-corrected chi connectivity index (χ2v) is 8.38. The average Bonchev–Trinajstić information content (AvgIpc) is 3.41. The van der Waals surface area contributed by atoms with Crippen molar-refractivity contribution >= 4 is 11.6 Å². The van der Waals surface area contributed by atoms with E-state index >= 15 is 0 Å². The Hall–Kier alpha value is -4.65. The molecule has 0 atom stereocenters. The molecule has 0 spiro atoms. The molecule has 174 valence electrons. The zero-order valence-electron chi connectivity index (χ0n) is 19.8. The molecule has 2 aromatic heterocycles. The third-order valence-electron chi connectivity index (χ3n) is 6.17. The number of hydrogen-bond acceptors (Lipinski definition) is 3. The van der Waals surface area contributed by atoms with E-state index in [9.17, 15) is 9.59 Å². The highest BCUT2D eigenvalue weighted by atomic mass is 16.2. The minimum atomic E-state index is -0.392. The normalized spacial score (nSPS) is 10.9.